The van der Waals surface area contributed by atoms with Crippen LogP contribution in [-0.2, 0) is 10.0 Å². The second-order valence-electron chi connectivity index (χ2n) is 4.33. The van der Waals surface area contributed by atoms with Gasteiger partial charge < -0.3 is 5.32 Å². The zero-order valence-corrected chi connectivity index (χ0v) is 13.1. The summed E-state index contributed by atoms with van der Waals surface area (Å²) in [5, 5.41) is 3.03. The normalized spacial score (nSPS) is 19.3. The summed E-state index contributed by atoms with van der Waals surface area (Å²) in [6.45, 7) is 1.30. The first-order valence-corrected chi connectivity index (χ1v) is 8.15. The second-order valence-corrected chi connectivity index (χ2v) is 7.18. The van der Waals surface area contributed by atoms with E-state index < -0.39 is 15.5 Å². The molecule has 0 radical (unpaired) electrons. The van der Waals surface area contributed by atoms with Gasteiger partial charge in [0.05, 0.1) is 4.90 Å². The Morgan fingerprint density at radius 2 is 1.86 bits per heavy atom. The van der Waals surface area contributed by atoms with Crippen molar-refractivity contribution in [3.8, 4) is 0 Å². The number of rotatable bonds is 4. The average Bonchev–Trinajstić information content (AvgIpc) is 2.79. The van der Waals surface area contributed by atoms with Gasteiger partial charge in [-0.05, 0) is 49.0 Å². The summed E-state index contributed by atoms with van der Waals surface area (Å²) in [6, 6.07) is 4.49. The molecule has 0 bridgehead atoms. The molecule has 10 heteroatoms. The molecule has 1 aliphatic rings. The van der Waals surface area contributed by atoms with Gasteiger partial charge in [-0.15, -0.1) is 12.4 Å². The van der Waals surface area contributed by atoms with E-state index in [2.05, 4.69) is 10.0 Å². The first-order chi connectivity index (χ1) is 9.26. The van der Waals surface area contributed by atoms with Crippen molar-refractivity contribution in [3.63, 3.8) is 0 Å². The molecule has 2 rings (SSSR count). The molecule has 1 aromatic carbocycles. The van der Waals surface area contributed by atoms with Crippen LogP contribution in [0.2, 0.25) is 0 Å². The maximum atomic E-state index is 12.2. The Kier molecular flexibility index (Phi) is 6.36. The predicted octanol–water partition coefficient (Wildman–Crippen LogP) is 2.36. The Morgan fingerprint density at radius 3 is 2.33 bits per heavy atom. The lowest BCUT2D eigenvalue weighted by Crippen LogP contribution is -2.36. The van der Waals surface area contributed by atoms with Gasteiger partial charge in [-0.25, -0.2) is 13.1 Å². The third-order valence-electron chi connectivity index (χ3n) is 2.75. The van der Waals surface area contributed by atoms with Crippen molar-refractivity contribution < 1.29 is 21.6 Å². The molecular weight excluding hydrogens is 349 g/mol. The summed E-state index contributed by atoms with van der Waals surface area (Å²) in [7, 11) is -3.68. The number of benzene rings is 1. The van der Waals surface area contributed by atoms with E-state index in [1.807, 2.05) is 0 Å². The SMILES string of the molecule is Cl.O=S(=O)(NC1CCNC1)c1ccc(SC(F)(F)F)cc1. The van der Waals surface area contributed by atoms with Crippen LogP contribution in [0.1, 0.15) is 6.42 Å². The molecule has 0 aliphatic carbocycles. The Bertz CT molecular complexity index is 558. The minimum absolute atomic E-state index is 0. The Morgan fingerprint density at radius 1 is 1.24 bits per heavy atom. The van der Waals surface area contributed by atoms with Gasteiger partial charge in [0.2, 0.25) is 10.0 Å². The van der Waals surface area contributed by atoms with E-state index in [1.54, 1.807) is 0 Å². The minimum Gasteiger partial charge on any atom is -0.315 e. The van der Waals surface area contributed by atoms with Gasteiger partial charge in [0.15, 0.2) is 0 Å². The van der Waals surface area contributed by atoms with Crippen LogP contribution in [0.4, 0.5) is 13.2 Å². The fourth-order valence-electron chi connectivity index (χ4n) is 1.86. The van der Waals surface area contributed by atoms with Gasteiger partial charge in [0.1, 0.15) is 0 Å². The Hall–Kier alpha value is -0.480. The van der Waals surface area contributed by atoms with Crippen LogP contribution in [0.25, 0.3) is 0 Å². The number of hydrogen-bond acceptors (Lipinski definition) is 4. The third kappa shape index (κ3) is 5.67. The maximum Gasteiger partial charge on any atom is 0.446 e. The highest BCUT2D eigenvalue weighted by atomic mass is 35.5. The largest absolute Gasteiger partial charge is 0.446 e. The smallest absolute Gasteiger partial charge is 0.315 e. The molecule has 1 unspecified atom stereocenters. The van der Waals surface area contributed by atoms with Gasteiger partial charge >= 0.3 is 5.51 Å². The van der Waals surface area contributed by atoms with Gasteiger partial charge in [0.25, 0.3) is 0 Å². The Labute approximate surface area is 131 Å². The van der Waals surface area contributed by atoms with E-state index in [1.165, 1.54) is 12.1 Å². The van der Waals surface area contributed by atoms with Crippen molar-refractivity contribution >= 4 is 34.2 Å². The summed E-state index contributed by atoms with van der Waals surface area (Å²) in [5.41, 5.74) is -4.38. The maximum absolute atomic E-state index is 12.2. The number of halogens is 4. The quantitative estimate of drug-likeness (QED) is 0.807. The molecule has 1 atom stereocenters. The van der Waals surface area contributed by atoms with E-state index >= 15 is 0 Å². The van der Waals surface area contributed by atoms with Gasteiger partial charge in [-0.3, -0.25) is 0 Å². The van der Waals surface area contributed by atoms with Gasteiger partial charge in [0, 0.05) is 17.5 Å². The van der Waals surface area contributed by atoms with Gasteiger partial charge in [-0.1, -0.05) is 0 Å². The van der Waals surface area contributed by atoms with Crippen LogP contribution < -0.4 is 10.0 Å². The lowest BCUT2D eigenvalue weighted by atomic mass is 10.3. The standard InChI is InChI=1S/C11H13F3N2O2S2.ClH/c12-11(13,14)19-9-1-3-10(4-2-9)20(17,18)16-8-5-6-15-7-8;/h1-4,8,15-16H,5-7H2;1H. The molecule has 0 saturated carbocycles. The summed E-state index contributed by atoms with van der Waals surface area (Å²) in [6.07, 6.45) is 0.696. The minimum atomic E-state index is -4.38. The molecule has 1 fully saturated rings. The molecule has 1 heterocycles. The fourth-order valence-corrected chi connectivity index (χ4v) is 3.67. The summed E-state index contributed by atoms with van der Waals surface area (Å²) in [4.78, 5) is -0.0742. The first-order valence-electron chi connectivity index (χ1n) is 5.85. The third-order valence-corrected chi connectivity index (χ3v) is 5.03. The Balaban J connectivity index is 0.00000220. The van der Waals surface area contributed by atoms with Crippen LogP contribution in [0.5, 0.6) is 0 Å². The lowest BCUT2D eigenvalue weighted by Gasteiger charge is -2.12. The van der Waals surface area contributed by atoms with E-state index in [-0.39, 0.29) is 40.0 Å². The van der Waals surface area contributed by atoms with Crippen molar-refractivity contribution in [2.75, 3.05) is 13.1 Å². The van der Waals surface area contributed by atoms with Crippen LogP contribution in [0, 0.1) is 0 Å². The molecule has 2 N–H and O–H groups in total. The molecule has 0 spiro atoms. The molecule has 0 amide bonds. The van der Waals surface area contributed by atoms with Gasteiger partial charge in [-0.2, -0.15) is 13.2 Å². The van der Waals surface area contributed by atoms with Crippen LogP contribution in [-0.4, -0.2) is 33.1 Å². The van der Waals surface area contributed by atoms with E-state index in [9.17, 15) is 21.6 Å². The highest BCUT2D eigenvalue weighted by Gasteiger charge is 2.29. The topological polar surface area (TPSA) is 58.2 Å². The fraction of sp³-hybridized carbons (Fsp3) is 0.455. The predicted molar refractivity (Wildman–Crippen MR) is 77.2 cm³/mol. The van der Waals surface area contributed by atoms with Crippen molar-refractivity contribution in [1.29, 1.82) is 0 Å². The molecule has 120 valence electrons. The van der Waals surface area contributed by atoms with Crippen molar-refractivity contribution in [1.82, 2.24) is 10.0 Å². The molecule has 21 heavy (non-hydrogen) atoms. The van der Waals surface area contributed by atoms with Crippen molar-refractivity contribution in [3.05, 3.63) is 24.3 Å². The monoisotopic (exact) mass is 362 g/mol. The van der Waals surface area contributed by atoms with E-state index in [0.717, 1.165) is 18.7 Å². The number of thioether (sulfide) groups is 1. The average molecular weight is 363 g/mol. The summed E-state index contributed by atoms with van der Waals surface area (Å²) >= 11 is -0.272. The van der Waals surface area contributed by atoms with Crippen molar-refractivity contribution in [2.45, 2.75) is 27.8 Å². The van der Waals surface area contributed by atoms with Crippen LogP contribution >= 0.6 is 24.2 Å². The molecule has 1 saturated heterocycles. The molecule has 0 aromatic heterocycles. The summed E-state index contributed by atoms with van der Waals surface area (Å²) < 4.78 is 63.1. The molecule has 4 nitrogen and oxygen atoms in total. The van der Waals surface area contributed by atoms with Crippen molar-refractivity contribution in [2.24, 2.45) is 0 Å². The summed E-state index contributed by atoms with van der Waals surface area (Å²) in [5.74, 6) is 0. The lowest BCUT2D eigenvalue weighted by molar-refractivity contribution is -0.0328. The molecular formula is C11H14ClF3N2O2S2. The second kappa shape index (κ2) is 7.19. The number of nitrogens with one attached hydrogen (secondary N) is 2. The number of alkyl halides is 3. The highest BCUT2D eigenvalue weighted by Crippen LogP contribution is 2.36. The number of sulfonamides is 1. The number of hydrogen-bond donors (Lipinski definition) is 2. The highest BCUT2D eigenvalue weighted by molar-refractivity contribution is 8.00. The zero-order valence-electron chi connectivity index (χ0n) is 10.7. The molecule has 1 aromatic rings. The zero-order chi connectivity index (χ0) is 14.8. The van der Waals surface area contributed by atoms with Crippen LogP contribution in [0.3, 0.4) is 0 Å². The van der Waals surface area contributed by atoms with E-state index in [0.29, 0.717) is 13.0 Å². The van der Waals surface area contributed by atoms with Crippen LogP contribution in [0.15, 0.2) is 34.1 Å². The first kappa shape index (κ1) is 18.6. The van der Waals surface area contributed by atoms with E-state index in [4.69, 9.17) is 0 Å². The molecule has 1 aliphatic heterocycles.